The zero-order chi connectivity index (χ0) is 34.6. The van der Waals surface area contributed by atoms with E-state index in [-0.39, 0.29) is 10.8 Å². The Kier molecular flexibility index (Phi) is 6.15. The van der Waals surface area contributed by atoms with Gasteiger partial charge in [-0.25, -0.2) is 4.98 Å². The van der Waals surface area contributed by atoms with E-state index in [0.717, 1.165) is 55.9 Å². The van der Waals surface area contributed by atoms with Gasteiger partial charge in [0.1, 0.15) is 11.3 Å². The molecule has 0 atom stereocenters. The van der Waals surface area contributed by atoms with Crippen LogP contribution in [-0.4, -0.2) is 21.6 Å². The number of hydrogen-bond donors (Lipinski definition) is 0. The van der Waals surface area contributed by atoms with Gasteiger partial charge in [-0.05, 0) is 111 Å². The van der Waals surface area contributed by atoms with Crippen molar-refractivity contribution in [3.05, 3.63) is 156 Å². The number of para-hydroxylation sites is 3. The highest BCUT2D eigenvalue weighted by Crippen LogP contribution is 2.57. The van der Waals surface area contributed by atoms with Gasteiger partial charge in [0.15, 0.2) is 5.75 Å². The third kappa shape index (κ3) is 4.14. The molecule has 8 aromatic rings. The zero-order valence-corrected chi connectivity index (χ0v) is 29.5. The number of methoxy groups -OCH3 is 1. The number of rotatable bonds is 4. The van der Waals surface area contributed by atoms with E-state index in [1.165, 1.54) is 44.5 Å². The van der Waals surface area contributed by atoms with Crippen LogP contribution in [0.5, 0.6) is 5.75 Å². The molecular formula is C47H37N3O. The number of pyridine rings is 1. The van der Waals surface area contributed by atoms with Gasteiger partial charge >= 0.3 is 0 Å². The molecule has 2 aliphatic carbocycles. The molecule has 0 aliphatic heterocycles. The molecule has 4 heteroatoms. The van der Waals surface area contributed by atoms with E-state index >= 15 is 0 Å². The number of fused-ring (bicyclic) bond motifs is 8. The van der Waals surface area contributed by atoms with Crippen LogP contribution in [0.1, 0.15) is 49.9 Å². The molecule has 0 saturated carbocycles. The topological polar surface area (TPSA) is 39.9 Å². The summed E-state index contributed by atoms with van der Waals surface area (Å²) in [7, 11) is 1.74. The molecule has 0 radical (unpaired) electrons. The highest BCUT2D eigenvalue weighted by atomic mass is 16.5. The molecule has 51 heavy (non-hydrogen) atoms. The van der Waals surface area contributed by atoms with Crippen molar-refractivity contribution in [2.45, 2.75) is 38.5 Å². The van der Waals surface area contributed by atoms with Gasteiger partial charge in [0, 0.05) is 39.2 Å². The van der Waals surface area contributed by atoms with E-state index in [0.29, 0.717) is 0 Å². The van der Waals surface area contributed by atoms with Crippen LogP contribution < -0.4 is 4.74 Å². The summed E-state index contributed by atoms with van der Waals surface area (Å²) >= 11 is 0. The molecule has 2 heterocycles. The van der Waals surface area contributed by atoms with Gasteiger partial charge in [-0.1, -0.05) is 94.4 Å². The summed E-state index contributed by atoms with van der Waals surface area (Å²) in [5, 5.41) is 1.08. The highest BCUT2D eigenvalue weighted by Gasteiger charge is 2.42. The Balaban J connectivity index is 1.09. The summed E-state index contributed by atoms with van der Waals surface area (Å²) in [4.78, 5) is 9.84. The van der Waals surface area contributed by atoms with Crippen molar-refractivity contribution < 1.29 is 4.74 Å². The first kappa shape index (κ1) is 29.9. The fourth-order valence-corrected chi connectivity index (χ4v) is 8.88. The van der Waals surface area contributed by atoms with E-state index in [4.69, 9.17) is 9.72 Å². The lowest BCUT2D eigenvalue weighted by Gasteiger charge is -2.24. The van der Waals surface area contributed by atoms with Gasteiger partial charge in [0.05, 0.1) is 18.1 Å². The first-order chi connectivity index (χ1) is 24.8. The minimum absolute atomic E-state index is 0.175. The molecule has 4 nitrogen and oxygen atoms in total. The normalized spacial score (nSPS) is 14.7. The molecule has 0 fully saturated rings. The van der Waals surface area contributed by atoms with Crippen LogP contribution in [0.15, 0.2) is 134 Å². The Morgan fingerprint density at radius 2 is 1.16 bits per heavy atom. The summed E-state index contributed by atoms with van der Waals surface area (Å²) in [5.74, 6) is 1.78. The van der Waals surface area contributed by atoms with E-state index in [1.807, 2.05) is 12.3 Å². The van der Waals surface area contributed by atoms with E-state index in [1.54, 1.807) is 7.11 Å². The Morgan fingerprint density at radius 1 is 0.549 bits per heavy atom. The van der Waals surface area contributed by atoms with Crippen molar-refractivity contribution in [3.8, 4) is 56.2 Å². The molecule has 0 N–H and O–H groups in total. The Bertz CT molecular complexity index is 2730. The molecule has 0 amide bonds. The fraction of sp³-hybridized carbons (Fsp3) is 0.149. The van der Waals surface area contributed by atoms with Crippen molar-refractivity contribution in [2.75, 3.05) is 7.11 Å². The molecule has 0 unspecified atom stereocenters. The summed E-state index contributed by atoms with van der Waals surface area (Å²) < 4.78 is 8.26. The maximum Gasteiger partial charge on any atom is 0.152 e. The van der Waals surface area contributed by atoms with Crippen LogP contribution in [0.3, 0.4) is 0 Å². The fourth-order valence-electron chi connectivity index (χ4n) is 8.88. The predicted molar refractivity (Wildman–Crippen MR) is 209 cm³/mol. The molecule has 2 aromatic heterocycles. The molecule has 0 bridgehead atoms. The lowest BCUT2D eigenvalue weighted by Crippen LogP contribution is -2.17. The lowest BCUT2D eigenvalue weighted by atomic mass is 9.79. The van der Waals surface area contributed by atoms with Gasteiger partial charge in [-0.15, -0.1) is 0 Å². The number of imidazole rings is 1. The van der Waals surface area contributed by atoms with E-state index in [9.17, 15) is 0 Å². The second kappa shape index (κ2) is 10.5. The summed E-state index contributed by atoms with van der Waals surface area (Å²) in [6, 6.07) is 46.2. The number of aromatic nitrogens is 3. The quantitative estimate of drug-likeness (QED) is 0.189. The molecular weight excluding hydrogens is 623 g/mol. The van der Waals surface area contributed by atoms with Gasteiger partial charge in [0.25, 0.3) is 0 Å². The van der Waals surface area contributed by atoms with Crippen molar-refractivity contribution in [1.29, 1.82) is 0 Å². The predicted octanol–water partition coefficient (Wildman–Crippen LogP) is 11.5. The number of benzene rings is 6. The number of hydrogen-bond acceptors (Lipinski definition) is 3. The van der Waals surface area contributed by atoms with Crippen LogP contribution in [-0.2, 0) is 10.8 Å². The van der Waals surface area contributed by atoms with Gasteiger partial charge in [0.2, 0.25) is 0 Å². The van der Waals surface area contributed by atoms with Crippen LogP contribution in [0.4, 0.5) is 0 Å². The third-order valence-corrected chi connectivity index (χ3v) is 11.5. The second-order valence-electron chi connectivity index (χ2n) is 15.0. The minimum atomic E-state index is -0.183. The average Bonchev–Trinajstić information content (AvgIpc) is 3.73. The number of nitrogens with zero attached hydrogens (tertiary/aromatic N) is 3. The third-order valence-electron chi connectivity index (χ3n) is 11.5. The van der Waals surface area contributed by atoms with Gasteiger partial charge in [-0.3, -0.25) is 9.55 Å². The molecule has 0 saturated heterocycles. The molecule has 6 aromatic carbocycles. The molecule has 246 valence electrons. The largest absolute Gasteiger partial charge is 0.494 e. The lowest BCUT2D eigenvalue weighted by molar-refractivity contribution is 0.420. The summed E-state index contributed by atoms with van der Waals surface area (Å²) in [6.07, 6.45) is 1.83. The molecule has 10 rings (SSSR count). The van der Waals surface area contributed by atoms with Crippen molar-refractivity contribution >= 4 is 21.9 Å². The minimum Gasteiger partial charge on any atom is -0.494 e. The highest BCUT2D eigenvalue weighted by molar-refractivity contribution is 5.95. The summed E-state index contributed by atoms with van der Waals surface area (Å²) in [6.45, 7) is 9.48. The van der Waals surface area contributed by atoms with Crippen LogP contribution in [0.2, 0.25) is 0 Å². The van der Waals surface area contributed by atoms with Crippen LogP contribution >= 0.6 is 0 Å². The van der Waals surface area contributed by atoms with E-state index in [2.05, 4.69) is 159 Å². The first-order valence-electron chi connectivity index (χ1n) is 17.7. The second-order valence-corrected chi connectivity index (χ2v) is 15.0. The van der Waals surface area contributed by atoms with Gasteiger partial charge in [-0.2, -0.15) is 0 Å². The Labute approximate surface area is 298 Å². The number of ether oxygens (including phenoxy) is 1. The monoisotopic (exact) mass is 659 g/mol. The zero-order valence-electron chi connectivity index (χ0n) is 29.5. The Hall–Kier alpha value is -6.00. The SMILES string of the molecule is COc1c(-c2ccc3c(c2)C(C)(C)c2cc4c(cc2-3)C(C)(C)c2cc(-c3nc5ccccc5n3-c3ccccc3)ccc2-4)ccc2cccnc12. The van der Waals surface area contributed by atoms with Crippen molar-refractivity contribution in [1.82, 2.24) is 14.5 Å². The van der Waals surface area contributed by atoms with Crippen LogP contribution in [0, 0.1) is 0 Å². The standard InChI is InChI=1S/C47H37N3O/c1-46(2)37-24-29(32-20-17-28-12-11-23-48-43(28)44(32)51-5)18-21-33(37)35-26-40-36(27-39(35)46)34-22-19-30(25-38(34)47(40,3)4)45-49-41-15-9-10-16-42(41)50(45)31-13-7-6-8-14-31/h6-27H,1-5H3. The maximum atomic E-state index is 5.97. The van der Waals surface area contributed by atoms with Crippen molar-refractivity contribution in [2.24, 2.45) is 0 Å². The average molecular weight is 660 g/mol. The molecule has 0 spiro atoms. The van der Waals surface area contributed by atoms with Crippen LogP contribution in [0.25, 0.3) is 72.4 Å². The summed E-state index contributed by atoms with van der Waals surface area (Å²) in [5.41, 5.74) is 17.8. The first-order valence-corrected chi connectivity index (χ1v) is 17.7. The van der Waals surface area contributed by atoms with Gasteiger partial charge < -0.3 is 4.74 Å². The molecule has 2 aliphatic rings. The Morgan fingerprint density at radius 3 is 1.86 bits per heavy atom. The van der Waals surface area contributed by atoms with Crippen molar-refractivity contribution in [3.63, 3.8) is 0 Å². The smallest absolute Gasteiger partial charge is 0.152 e. The maximum absolute atomic E-state index is 5.97. The van der Waals surface area contributed by atoms with E-state index < -0.39 is 0 Å².